The van der Waals surface area contributed by atoms with Crippen LogP contribution < -0.4 is 5.56 Å². The molecule has 0 aliphatic carbocycles. The first-order chi connectivity index (χ1) is 5.82. The highest BCUT2D eigenvalue weighted by Crippen LogP contribution is 2.27. The normalized spacial score (nSPS) is 11.6. The van der Waals surface area contributed by atoms with Gasteiger partial charge in [0, 0.05) is 0 Å². The number of hydrogen-bond donors (Lipinski definition) is 3. The third kappa shape index (κ3) is 1.71. The molecule has 0 aliphatic rings. The number of nitrogens with zero attached hydrogens (tertiary/aromatic N) is 1. The lowest BCUT2D eigenvalue weighted by molar-refractivity contribution is -0.145. The predicted molar refractivity (Wildman–Crippen MR) is 33.2 cm³/mol. The monoisotopic (exact) mass is 196 g/mol. The minimum atomic E-state index is -4.87. The Bertz CT molecular complexity index is 384. The maximum absolute atomic E-state index is 11.9. The van der Waals surface area contributed by atoms with Gasteiger partial charge >= 0.3 is 6.18 Å². The van der Waals surface area contributed by atoms with E-state index in [4.69, 9.17) is 10.2 Å². The van der Waals surface area contributed by atoms with Gasteiger partial charge in [0.25, 0.3) is 11.4 Å². The van der Waals surface area contributed by atoms with Gasteiger partial charge in [0.1, 0.15) is 0 Å². The summed E-state index contributed by atoms with van der Waals surface area (Å²) in [5.41, 5.74) is -1.44. The van der Waals surface area contributed by atoms with Crippen LogP contribution in [0.5, 0.6) is 11.6 Å². The Morgan fingerprint density at radius 2 is 1.85 bits per heavy atom. The summed E-state index contributed by atoms with van der Waals surface area (Å²) in [6.45, 7) is 0. The number of rotatable bonds is 0. The third-order valence-electron chi connectivity index (χ3n) is 1.15. The first-order valence-corrected chi connectivity index (χ1v) is 2.92. The molecule has 13 heavy (non-hydrogen) atoms. The lowest BCUT2D eigenvalue weighted by atomic mass is 10.5. The van der Waals surface area contributed by atoms with Crippen LogP contribution in [0.3, 0.4) is 0 Å². The van der Waals surface area contributed by atoms with Crippen LogP contribution in [0.4, 0.5) is 13.2 Å². The topological polar surface area (TPSA) is 86.2 Å². The minimum Gasteiger partial charge on any atom is -0.499 e. The summed E-state index contributed by atoms with van der Waals surface area (Å²) in [5, 5.41) is 17.1. The van der Waals surface area contributed by atoms with E-state index in [2.05, 4.69) is 4.98 Å². The molecule has 0 fully saturated rings. The molecule has 0 unspecified atom stereocenters. The third-order valence-corrected chi connectivity index (χ3v) is 1.15. The first-order valence-electron chi connectivity index (χ1n) is 2.92. The highest BCUT2D eigenvalue weighted by molar-refractivity contribution is 5.27. The molecule has 1 heterocycles. The van der Waals surface area contributed by atoms with Crippen molar-refractivity contribution in [1.82, 2.24) is 9.97 Å². The molecule has 0 saturated heterocycles. The van der Waals surface area contributed by atoms with Gasteiger partial charge < -0.3 is 10.2 Å². The predicted octanol–water partition coefficient (Wildman–Crippen LogP) is 0.200. The molecular weight excluding hydrogens is 193 g/mol. The number of halogens is 3. The molecule has 0 amide bonds. The van der Waals surface area contributed by atoms with Crippen molar-refractivity contribution in [2.75, 3.05) is 0 Å². The molecule has 0 atom stereocenters. The molecule has 0 spiro atoms. The molecule has 1 aromatic rings. The average molecular weight is 196 g/mol. The number of nitrogens with one attached hydrogen (secondary N) is 1. The number of aromatic amines is 1. The minimum absolute atomic E-state index is 1.24. The zero-order valence-electron chi connectivity index (χ0n) is 5.88. The van der Waals surface area contributed by atoms with Crippen molar-refractivity contribution < 1.29 is 23.4 Å². The largest absolute Gasteiger partial charge is 0.499 e. The fraction of sp³-hybridized carbons (Fsp3) is 0.200. The van der Waals surface area contributed by atoms with Crippen LogP contribution >= 0.6 is 0 Å². The van der Waals surface area contributed by atoms with Crippen molar-refractivity contribution in [1.29, 1.82) is 0 Å². The van der Waals surface area contributed by atoms with Gasteiger partial charge in [-0.2, -0.15) is 18.2 Å². The summed E-state index contributed by atoms with van der Waals surface area (Å²) in [6, 6.07) is 0. The van der Waals surface area contributed by atoms with E-state index in [1.54, 1.807) is 0 Å². The number of aromatic hydroxyl groups is 2. The molecule has 0 aliphatic heterocycles. The number of hydrogen-bond acceptors (Lipinski definition) is 4. The van der Waals surface area contributed by atoms with Gasteiger partial charge in [-0.25, -0.2) is 0 Å². The Labute approximate surface area is 68.5 Å². The summed E-state index contributed by atoms with van der Waals surface area (Å²) < 4.78 is 35.6. The second kappa shape index (κ2) is 2.64. The lowest BCUT2D eigenvalue weighted by Gasteiger charge is -2.04. The van der Waals surface area contributed by atoms with Crippen molar-refractivity contribution in [3.8, 4) is 11.6 Å². The van der Waals surface area contributed by atoms with Crippen molar-refractivity contribution in [3.63, 3.8) is 0 Å². The van der Waals surface area contributed by atoms with Crippen molar-refractivity contribution in [3.05, 3.63) is 16.2 Å². The summed E-state index contributed by atoms with van der Waals surface area (Å²) in [7, 11) is 0. The van der Waals surface area contributed by atoms with Gasteiger partial charge in [-0.15, -0.1) is 0 Å². The van der Waals surface area contributed by atoms with E-state index in [1.165, 1.54) is 4.98 Å². The van der Waals surface area contributed by atoms with Crippen LogP contribution in [-0.2, 0) is 6.18 Å². The number of H-pyrrole nitrogens is 1. The molecule has 1 aromatic heterocycles. The fourth-order valence-electron chi connectivity index (χ4n) is 0.589. The smallest absolute Gasteiger partial charge is 0.449 e. The summed E-state index contributed by atoms with van der Waals surface area (Å²) in [4.78, 5) is 14.3. The van der Waals surface area contributed by atoms with Crippen LogP contribution in [0.15, 0.2) is 4.79 Å². The molecule has 3 N–H and O–H groups in total. The zero-order chi connectivity index (χ0) is 10.2. The van der Waals surface area contributed by atoms with Crippen LogP contribution in [0, 0.1) is 0 Å². The SMILES string of the molecule is O=c1[nH]c(C(F)(F)F)nc(O)c1O. The van der Waals surface area contributed by atoms with E-state index in [0.717, 1.165) is 0 Å². The number of aromatic nitrogens is 2. The van der Waals surface area contributed by atoms with E-state index >= 15 is 0 Å². The van der Waals surface area contributed by atoms with Crippen LogP contribution in [0.2, 0.25) is 0 Å². The van der Waals surface area contributed by atoms with Crippen LogP contribution in [0.25, 0.3) is 0 Å². The van der Waals surface area contributed by atoms with E-state index in [-0.39, 0.29) is 0 Å². The quantitative estimate of drug-likeness (QED) is 0.553. The Kier molecular flexibility index (Phi) is 1.90. The average Bonchev–Trinajstić information content (AvgIpc) is 1.97. The molecule has 0 saturated carbocycles. The first kappa shape index (κ1) is 9.36. The Hall–Kier alpha value is -1.73. The second-order valence-corrected chi connectivity index (χ2v) is 2.08. The molecule has 72 valence electrons. The Morgan fingerprint density at radius 1 is 1.31 bits per heavy atom. The molecule has 0 radical (unpaired) electrons. The molecule has 0 bridgehead atoms. The van der Waals surface area contributed by atoms with Crippen LogP contribution in [-0.4, -0.2) is 20.2 Å². The lowest BCUT2D eigenvalue weighted by Crippen LogP contribution is -2.18. The standard InChI is InChI=1S/C5H3F3N2O3/c6-5(7,8)4-9-2(12)1(11)3(13)10-4/h11H,(H2,9,10,12,13). The maximum Gasteiger partial charge on any atom is 0.449 e. The highest BCUT2D eigenvalue weighted by Gasteiger charge is 2.35. The second-order valence-electron chi connectivity index (χ2n) is 2.08. The van der Waals surface area contributed by atoms with Crippen molar-refractivity contribution >= 4 is 0 Å². The van der Waals surface area contributed by atoms with E-state index in [0.29, 0.717) is 0 Å². The van der Waals surface area contributed by atoms with Crippen molar-refractivity contribution in [2.24, 2.45) is 0 Å². The van der Waals surface area contributed by atoms with Gasteiger partial charge in [0.05, 0.1) is 0 Å². The van der Waals surface area contributed by atoms with E-state index < -0.39 is 29.2 Å². The molecule has 8 heteroatoms. The van der Waals surface area contributed by atoms with Crippen molar-refractivity contribution in [2.45, 2.75) is 6.18 Å². The summed E-state index contributed by atoms with van der Waals surface area (Å²) >= 11 is 0. The van der Waals surface area contributed by atoms with E-state index in [1.807, 2.05) is 0 Å². The van der Waals surface area contributed by atoms with Gasteiger partial charge in [-0.05, 0) is 0 Å². The molecule has 1 rings (SSSR count). The highest BCUT2D eigenvalue weighted by atomic mass is 19.4. The zero-order valence-corrected chi connectivity index (χ0v) is 5.88. The summed E-state index contributed by atoms with van der Waals surface area (Å²) in [5.74, 6) is -4.25. The maximum atomic E-state index is 11.9. The number of alkyl halides is 3. The Balaban J connectivity index is 3.38. The van der Waals surface area contributed by atoms with Gasteiger partial charge in [0.15, 0.2) is 0 Å². The van der Waals surface area contributed by atoms with Gasteiger partial charge in [-0.1, -0.05) is 0 Å². The van der Waals surface area contributed by atoms with Gasteiger partial charge in [-0.3, -0.25) is 9.78 Å². The van der Waals surface area contributed by atoms with Gasteiger partial charge in [0.2, 0.25) is 11.6 Å². The van der Waals surface area contributed by atoms with Crippen LogP contribution in [0.1, 0.15) is 5.82 Å². The Morgan fingerprint density at radius 3 is 2.23 bits per heavy atom. The van der Waals surface area contributed by atoms with E-state index in [9.17, 15) is 18.0 Å². The fourth-order valence-corrected chi connectivity index (χ4v) is 0.589. The summed E-state index contributed by atoms with van der Waals surface area (Å²) in [6.07, 6.45) is -4.87. The molecule has 0 aromatic carbocycles. The molecule has 5 nitrogen and oxygen atoms in total. The molecular formula is C5H3F3N2O3.